The van der Waals surface area contributed by atoms with Crippen LogP contribution in [0.15, 0.2) is 180 Å². The summed E-state index contributed by atoms with van der Waals surface area (Å²) in [5.41, 5.74) is 12.3. The van der Waals surface area contributed by atoms with Gasteiger partial charge in [-0.15, -0.1) is 11.3 Å². The molecule has 6 nitrogen and oxygen atoms in total. The number of aromatic nitrogens is 4. The summed E-state index contributed by atoms with van der Waals surface area (Å²) in [5, 5.41) is 12.1. The molecule has 0 fully saturated rings. The van der Waals surface area contributed by atoms with Crippen LogP contribution in [-0.4, -0.2) is 31.4 Å². The van der Waals surface area contributed by atoms with Crippen LogP contribution in [-0.2, 0) is 0 Å². The molecule has 3 aromatic heterocycles. The fourth-order valence-electron chi connectivity index (χ4n) is 8.14. The average molecular weight is 805 g/mol. The highest BCUT2D eigenvalue weighted by Gasteiger charge is 2.24. The minimum absolute atomic E-state index is 0.313. The van der Waals surface area contributed by atoms with Gasteiger partial charge in [0.25, 0.3) is 0 Å². The van der Waals surface area contributed by atoms with Gasteiger partial charge >= 0.3 is 0 Å². The van der Waals surface area contributed by atoms with Crippen molar-refractivity contribution in [2.75, 3.05) is 0 Å². The van der Waals surface area contributed by atoms with Crippen molar-refractivity contribution in [3.63, 3.8) is 0 Å². The van der Waals surface area contributed by atoms with Crippen molar-refractivity contribution in [3.05, 3.63) is 187 Å². The summed E-state index contributed by atoms with van der Waals surface area (Å²) in [6, 6.07) is 58.5. The van der Waals surface area contributed by atoms with Crippen molar-refractivity contribution in [3.8, 4) is 67.7 Å². The third kappa shape index (κ3) is 6.21. The van der Waals surface area contributed by atoms with Gasteiger partial charge < -0.3 is 0 Å². The monoisotopic (exact) mass is 804 g/mol. The Hall–Kier alpha value is -7.39. The molecule has 8 heteroatoms. The van der Waals surface area contributed by atoms with Crippen molar-refractivity contribution in [1.82, 2.24) is 19.9 Å². The first kappa shape index (κ1) is 35.7. The van der Waals surface area contributed by atoms with Crippen molar-refractivity contribution >= 4 is 72.7 Å². The molecule has 282 valence electrons. The zero-order valence-corrected chi connectivity index (χ0v) is 33.6. The highest BCUT2D eigenvalue weighted by Crippen LogP contribution is 2.41. The quantitative estimate of drug-likeness (QED) is 0.164. The molecular formula is C52H32N6S2. The predicted molar refractivity (Wildman–Crippen MR) is 253 cm³/mol. The molecule has 0 radical (unpaired) electrons. The third-order valence-electron chi connectivity index (χ3n) is 11.1. The molecule has 0 bridgehead atoms. The van der Waals surface area contributed by atoms with E-state index in [1.807, 2.05) is 78.1 Å². The van der Waals surface area contributed by atoms with Crippen molar-refractivity contribution in [2.24, 2.45) is 4.40 Å². The molecule has 0 aliphatic heterocycles. The van der Waals surface area contributed by atoms with E-state index in [4.69, 9.17) is 25.3 Å². The molecule has 11 rings (SSSR count). The number of benzene rings is 7. The van der Waals surface area contributed by atoms with Crippen molar-refractivity contribution < 1.29 is 0 Å². The number of rotatable bonds is 6. The Balaban J connectivity index is 1.00. The van der Waals surface area contributed by atoms with Gasteiger partial charge in [-0.1, -0.05) is 152 Å². The Labute approximate surface area is 355 Å². The molecule has 0 saturated heterocycles. The molecule has 1 aliphatic carbocycles. The molecular weight excluding hydrogens is 773 g/mol. The van der Waals surface area contributed by atoms with Gasteiger partial charge in [-0.05, 0) is 65.4 Å². The van der Waals surface area contributed by atoms with Crippen LogP contribution in [0.4, 0.5) is 0 Å². The minimum Gasteiger partial charge on any atom is -0.299 e. The van der Waals surface area contributed by atoms with Crippen LogP contribution >= 0.6 is 24.2 Å². The van der Waals surface area contributed by atoms with E-state index in [1.54, 1.807) is 6.08 Å². The summed E-state index contributed by atoms with van der Waals surface area (Å²) in [5.74, 6) is 1.79. The standard InChI is InChI=1S/C52H32N6S2/c53-43-28-27-42-46(48(43)58-59)41-26-25-36(30-44(41)54-47(42)32-11-3-1-4-12-32)35-15-9-16-37(29-35)52-56-50(33-13-5-2-6-14-33)55-51(57-52)34-23-21-31(22-24-34)38-18-10-19-40-39-17-7-8-20-45(39)60-49(38)40/h1-30,53,59H. The fraction of sp³-hybridized carbons (Fsp3) is 0. The Morgan fingerprint density at radius 2 is 1.05 bits per heavy atom. The van der Waals surface area contributed by atoms with E-state index in [9.17, 15) is 0 Å². The lowest BCUT2D eigenvalue weighted by Gasteiger charge is -2.20. The predicted octanol–water partition coefficient (Wildman–Crippen LogP) is 13.5. The number of fused-ring (bicyclic) bond motifs is 6. The van der Waals surface area contributed by atoms with Gasteiger partial charge in [-0.25, -0.2) is 24.3 Å². The van der Waals surface area contributed by atoms with Crippen LogP contribution in [0.5, 0.6) is 0 Å². The number of nitrogens with one attached hydrogen (secondary N) is 1. The Morgan fingerprint density at radius 3 is 1.82 bits per heavy atom. The Morgan fingerprint density at radius 1 is 0.467 bits per heavy atom. The van der Waals surface area contributed by atoms with Gasteiger partial charge in [0, 0.05) is 58.9 Å². The van der Waals surface area contributed by atoms with Gasteiger partial charge in [0.15, 0.2) is 17.5 Å². The van der Waals surface area contributed by atoms with E-state index in [1.165, 1.54) is 25.7 Å². The first-order valence-electron chi connectivity index (χ1n) is 19.6. The van der Waals surface area contributed by atoms with Gasteiger partial charge in [-0.2, -0.15) is 0 Å². The molecule has 1 aliphatic rings. The normalized spacial score (nSPS) is 13.1. The molecule has 10 aromatic rings. The number of pyridine rings is 1. The second-order valence-electron chi connectivity index (χ2n) is 14.7. The molecule has 0 unspecified atom stereocenters. The first-order valence-corrected chi connectivity index (χ1v) is 20.8. The van der Waals surface area contributed by atoms with Crippen molar-refractivity contribution in [2.45, 2.75) is 0 Å². The van der Waals surface area contributed by atoms with Gasteiger partial charge in [0.05, 0.1) is 16.9 Å². The molecule has 7 aromatic carbocycles. The number of thiol groups is 1. The summed E-state index contributed by atoms with van der Waals surface area (Å²) in [7, 11) is 0. The average Bonchev–Trinajstić information content (AvgIpc) is 3.71. The number of nitrogens with zero attached hydrogens (tertiary/aromatic N) is 5. The SMILES string of the molecule is N=C1C=Cc2c(-c3ccccc3)nc3cc(-c4cccc(-c5nc(-c6ccccc6)nc(-c6ccc(-c7cccc8c7sc7ccccc78)cc6)n5)c4)ccc3c2C1=NS. The van der Waals surface area contributed by atoms with E-state index in [-0.39, 0.29) is 0 Å². The van der Waals surface area contributed by atoms with Crippen LogP contribution in [0.2, 0.25) is 0 Å². The fourth-order valence-corrected chi connectivity index (χ4v) is 9.58. The van der Waals surface area contributed by atoms with E-state index in [0.29, 0.717) is 28.9 Å². The largest absolute Gasteiger partial charge is 0.299 e. The Kier molecular flexibility index (Phi) is 8.80. The highest BCUT2D eigenvalue weighted by molar-refractivity contribution is 7.79. The maximum Gasteiger partial charge on any atom is 0.164 e. The lowest BCUT2D eigenvalue weighted by atomic mass is 9.87. The molecule has 0 amide bonds. The van der Waals surface area contributed by atoms with Crippen LogP contribution in [0.1, 0.15) is 11.1 Å². The molecule has 0 spiro atoms. The highest BCUT2D eigenvalue weighted by atomic mass is 32.1. The summed E-state index contributed by atoms with van der Waals surface area (Å²) in [6.07, 6.45) is 3.72. The van der Waals surface area contributed by atoms with E-state index >= 15 is 0 Å². The van der Waals surface area contributed by atoms with Crippen LogP contribution in [0.25, 0.3) is 105 Å². The second kappa shape index (κ2) is 14.8. The van der Waals surface area contributed by atoms with Crippen LogP contribution < -0.4 is 0 Å². The number of allylic oxidation sites excluding steroid dienone is 1. The lowest BCUT2D eigenvalue weighted by Crippen LogP contribution is -2.18. The number of hydrogen-bond acceptors (Lipinski definition) is 8. The van der Waals surface area contributed by atoms with Crippen LogP contribution in [0.3, 0.4) is 0 Å². The zero-order valence-electron chi connectivity index (χ0n) is 31.9. The minimum atomic E-state index is 0.313. The van der Waals surface area contributed by atoms with Gasteiger partial charge in [0.1, 0.15) is 5.71 Å². The second-order valence-corrected chi connectivity index (χ2v) is 15.9. The molecule has 3 heterocycles. The van der Waals surface area contributed by atoms with E-state index < -0.39 is 0 Å². The smallest absolute Gasteiger partial charge is 0.164 e. The summed E-state index contributed by atoms with van der Waals surface area (Å²) in [6.45, 7) is 0. The molecule has 0 atom stereocenters. The maximum atomic E-state index is 8.64. The lowest BCUT2D eigenvalue weighted by molar-refractivity contribution is 1.07. The summed E-state index contributed by atoms with van der Waals surface area (Å²) >= 11 is 6.13. The van der Waals surface area contributed by atoms with Crippen molar-refractivity contribution in [1.29, 1.82) is 5.41 Å². The summed E-state index contributed by atoms with van der Waals surface area (Å²) in [4.78, 5) is 20.4. The number of hydrogen-bond donors (Lipinski definition) is 2. The molecule has 0 saturated carbocycles. The third-order valence-corrected chi connectivity index (χ3v) is 12.5. The number of thiophene rings is 1. The van der Waals surface area contributed by atoms with E-state index in [0.717, 1.165) is 66.7 Å². The molecule has 60 heavy (non-hydrogen) atoms. The molecule has 1 N–H and O–H groups in total. The summed E-state index contributed by atoms with van der Waals surface area (Å²) < 4.78 is 6.84. The van der Waals surface area contributed by atoms with Crippen LogP contribution in [0, 0.1) is 5.41 Å². The van der Waals surface area contributed by atoms with Gasteiger partial charge in [0.2, 0.25) is 0 Å². The first-order chi connectivity index (χ1) is 29.6. The zero-order chi connectivity index (χ0) is 40.2. The van der Waals surface area contributed by atoms with E-state index in [2.05, 4.69) is 126 Å². The maximum absolute atomic E-state index is 8.64. The Bertz CT molecular complexity index is 3390. The van der Waals surface area contributed by atoms with Gasteiger partial charge in [-0.3, -0.25) is 5.41 Å². The topological polar surface area (TPSA) is 87.8 Å².